The van der Waals surface area contributed by atoms with Gasteiger partial charge in [-0.25, -0.2) is 12.7 Å². The molecule has 0 aromatic carbocycles. The highest BCUT2D eigenvalue weighted by Gasteiger charge is 2.27. The third kappa shape index (κ3) is 2.95. The fraction of sp³-hybridized carbons (Fsp3) is 1.00. The molecule has 1 aliphatic heterocycles. The molecule has 1 aliphatic rings. The second-order valence-electron chi connectivity index (χ2n) is 4.27. The maximum Gasteiger partial charge on any atom is 0.211 e. The molecule has 0 aliphatic carbocycles. The summed E-state index contributed by atoms with van der Waals surface area (Å²) in [4.78, 5) is 0. The van der Waals surface area contributed by atoms with Crippen LogP contribution in [0.5, 0.6) is 0 Å². The quantitative estimate of drug-likeness (QED) is 0.681. The molecule has 1 saturated heterocycles. The second kappa shape index (κ2) is 3.96. The Morgan fingerprint density at radius 2 is 2.00 bits per heavy atom. The highest BCUT2D eigenvalue weighted by molar-refractivity contribution is 7.88. The molecule has 0 radical (unpaired) electrons. The van der Waals surface area contributed by atoms with Gasteiger partial charge in [0, 0.05) is 13.1 Å². The van der Waals surface area contributed by atoms with Gasteiger partial charge in [-0.15, -0.1) is 0 Å². The Hall–Kier alpha value is -0.0900. The summed E-state index contributed by atoms with van der Waals surface area (Å²) in [5, 5.41) is 0. The van der Waals surface area contributed by atoms with Gasteiger partial charge in [-0.1, -0.05) is 13.8 Å². The van der Waals surface area contributed by atoms with Gasteiger partial charge >= 0.3 is 0 Å². The molecule has 1 atom stereocenters. The topological polar surface area (TPSA) is 37.4 Å². The van der Waals surface area contributed by atoms with Gasteiger partial charge in [0.25, 0.3) is 0 Å². The average Bonchev–Trinajstić information content (AvgIpc) is 2.03. The number of hydrogen-bond donors (Lipinski definition) is 0. The van der Waals surface area contributed by atoms with E-state index in [0.717, 1.165) is 13.0 Å². The van der Waals surface area contributed by atoms with E-state index in [-0.39, 0.29) is 0 Å². The van der Waals surface area contributed by atoms with Crippen LogP contribution in [0.4, 0.5) is 0 Å². The van der Waals surface area contributed by atoms with Crippen molar-refractivity contribution in [2.24, 2.45) is 11.8 Å². The van der Waals surface area contributed by atoms with Crippen LogP contribution in [-0.2, 0) is 10.0 Å². The van der Waals surface area contributed by atoms with Crippen molar-refractivity contribution < 1.29 is 8.42 Å². The lowest BCUT2D eigenvalue weighted by Gasteiger charge is -2.32. The molecule has 78 valence electrons. The number of piperidine rings is 1. The molecular weight excluding hydrogens is 186 g/mol. The van der Waals surface area contributed by atoms with Gasteiger partial charge in [-0.2, -0.15) is 0 Å². The van der Waals surface area contributed by atoms with Crippen molar-refractivity contribution in [1.29, 1.82) is 0 Å². The van der Waals surface area contributed by atoms with Gasteiger partial charge in [0.15, 0.2) is 0 Å². The van der Waals surface area contributed by atoms with Crippen LogP contribution in [0.2, 0.25) is 0 Å². The standard InChI is InChI=1S/C9H19NO2S/c1-8(2)9-5-4-6-10(7-9)13(3,11)12/h8-9H,4-7H2,1-3H3/t9-/m1/s1. The number of rotatable bonds is 2. The van der Waals surface area contributed by atoms with Crippen molar-refractivity contribution in [2.45, 2.75) is 26.7 Å². The van der Waals surface area contributed by atoms with E-state index < -0.39 is 10.0 Å². The number of nitrogens with zero attached hydrogens (tertiary/aromatic N) is 1. The Morgan fingerprint density at radius 3 is 2.46 bits per heavy atom. The summed E-state index contributed by atoms with van der Waals surface area (Å²) in [5.41, 5.74) is 0. The molecule has 1 fully saturated rings. The van der Waals surface area contributed by atoms with E-state index in [2.05, 4.69) is 13.8 Å². The summed E-state index contributed by atoms with van der Waals surface area (Å²) in [7, 11) is -2.96. The van der Waals surface area contributed by atoms with Crippen molar-refractivity contribution >= 4 is 10.0 Å². The van der Waals surface area contributed by atoms with Gasteiger partial charge in [-0.05, 0) is 24.7 Å². The molecule has 4 heteroatoms. The SMILES string of the molecule is CC(C)[C@@H]1CCCN(S(C)(=O)=O)C1. The summed E-state index contributed by atoms with van der Waals surface area (Å²) in [6.45, 7) is 5.76. The third-order valence-corrected chi connectivity index (χ3v) is 4.10. The summed E-state index contributed by atoms with van der Waals surface area (Å²) in [6, 6.07) is 0. The van der Waals surface area contributed by atoms with Crippen LogP contribution >= 0.6 is 0 Å². The van der Waals surface area contributed by atoms with Crippen LogP contribution in [0.1, 0.15) is 26.7 Å². The largest absolute Gasteiger partial charge is 0.213 e. The van der Waals surface area contributed by atoms with E-state index in [1.54, 1.807) is 4.31 Å². The summed E-state index contributed by atoms with van der Waals surface area (Å²) in [6.07, 6.45) is 3.48. The molecule has 0 unspecified atom stereocenters. The first-order valence-corrected chi connectivity index (χ1v) is 6.71. The summed E-state index contributed by atoms with van der Waals surface area (Å²) < 4.78 is 24.2. The minimum Gasteiger partial charge on any atom is -0.213 e. The first-order chi connectivity index (χ1) is 5.91. The summed E-state index contributed by atoms with van der Waals surface area (Å²) >= 11 is 0. The summed E-state index contributed by atoms with van der Waals surface area (Å²) in [5.74, 6) is 1.13. The van der Waals surface area contributed by atoms with Crippen LogP contribution in [0.3, 0.4) is 0 Å². The molecule has 3 nitrogen and oxygen atoms in total. The van der Waals surface area contributed by atoms with E-state index in [4.69, 9.17) is 0 Å². The second-order valence-corrected chi connectivity index (χ2v) is 6.25. The molecule has 0 saturated carbocycles. The molecule has 0 aromatic heterocycles. The maximum atomic E-state index is 11.3. The molecule has 1 rings (SSSR count). The minimum absolute atomic E-state index is 0.545. The molecule has 1 heterocycles. The fourth-order valence-electron chi connectivity index (χ4n) is 1.82. The Morgan fingerprint density at radius 1 is 1.38 bits per heavy atom. The van der Waals surface area contributed by atoms with Gasteiger partial charge in [0.1, 0.15) is 0 Å². The van der Waals surface area contributed by atoms with E-state index in [0.29, 0.717) is 18.4 Å². The number of hydrogen-bond acceptors (Lipinski definition) is 2. The molecule has 0 aromatic rings. The van der Waals surface area contributed by atoms with E-state index >= 15 is 0 Å². The first-order valence-electron chi connectivity index (χ1n) is 4.86. The predicted molar refractivity (Wildman–Crippen MR) is 54.0 cm³/mol. The van der Waals surface area contributed by atoms with Crippen molar-refractivity contribution in [1.82, 2.24) is 4.31 Å². The zero-order valence-electron chi connectivity index (χ0n) is 8.66. The van der Waals surface area contributed by atoms with E-state index in [1.165, 1.54) is 12.7 Å². The van der Waals surface area contributed by atoms with Crippen LogP contribution < -0.4 is 0 Å². The van der Waals surface area contributed by atoms with Gasteiger partial charge < -0.3 is 0 Å². The smallest absolute Gasteiger partial charge is 0.211 e. The normalized spacial score (nSPS) is 26.6. The van der Waals surface area contributed by atoms with Crippen molar-refractivity contribution in [3.63, 3.8) is 0 Å². The molecular formula is C9H19NO2S. The maximum absolute atomic E-state index is 11.3. The Kier molecular flexibility index (Phi) is 3.35. The fourth-order valence-corrected chi connectivity index (χ4v) is 2.74. The lowest BCUT2D eigenvalue weighted by molar-refractivity contribution is 0.220. The van der Waals surface area contributed by atoms with Gasteiger partial charge in [0.2, 0.25) is 10.0 Å². The molecule has 13 heavy (non-hydrogen) atoms. The van der Waals surface area contributed by atoms with Crippen molar-refractivity contribution in [3.8, 4) is 0 Å². The zero-order valence-corrected chi connectivity index (χ0v) is 9.47. The molecule has 0 amide bonds. The van der Waals surface area contributed by atoms with Gasteiger partial charge in [0.05, 0.1) is 6.26 Å². The first kappa shape index (κ1) is 11.0. The predicted octanol–water partition coefficient (Wildman–Crippen LogP) is 1.31. The van der Waals surface area contributed by atoms with Gasteiger partial charge in [-0.3, -0.25) is 0 Å². The Balaban J connectivity index is 2.62. The monoisotopic (exact) mass is 205 g/mol. The minimum atomic E-state index is -2.96. The third-order valence-electron chi connectivity index (χ3n) is 2.83. The molecule has 0 spiro atoms. The Bertz CT molecular complexity index is 259. The van der Waals surface area contributed by atoms with Crippen molar-refractivity contribution in [2.75, 3.05) is 19.3 Å². The number of sulfonamides is 1. The Labute approximate surface area is 81.2 Å². The molecule has 0 N–H and O–H groups in total. The van der Waals surface area contributed by atoms with E-state index in [9.17, 15) is 8.42 Å². The highest BCUT2D eigenvalue weighted by Crippen LogP contribution is 2.24. The van der Waals surface area contributed by atoms with Crippen molar-refractivity contribution in [3.05, 3.63) is 0 Å². The highest BCUT2D eigenvalue weighted by atomic mass is 32.2. The molecule has 0 bridgehead atoms. The van der Waals surface area contributed by atoms with Crippen LogP contribution in [0.15, 0.2) is 0 Å². The van der Waals surface area contributed by atoms with Crippen LogP contribution in [-0.4, -0.2) is 32.1 Å². The lowest BCUT2D eigenvalue weighted by Crippen LogP contribution is -2.40. The van der Waals surface area contributed by atoms with Crippen LogP contribution in [0.25, 0.3) is 0 Å². The van der Waals surface area contributed by atoms with E-state index in [1.807, 2.05) is 0 Å². The average molecular weight is 205 g/mol. The lowest BCUT2D eigenvalue weighted by atomic mass is 9.89. The van der Waals surface area contributed by atoms with Crippen LogP contribution in [0, 0.1) is 11.8 Å². The zero-order chi connectivity index (χ0) is 10.1.